The summed E-state index contributed by atoms with van der Waals surface area (Å²) in [5.41, 5.74) is 0. The molecule has 1 saturated heterocycles. The first kappa shape index (κ1) is 22.1. The van der Waals surface area contributed by atoms with Crippen LogP contribution in [0.1, 0.15) is 32.1 Å². The average molecular weight is 439 g/mol. The van der Waals surface area contributed by atoms with Crippen LogP contribution in [-0.2, 0) is 9.53 Å². The SMILES string of the molecule is O=C(COc1ccc(Cl)c(F)c1)N[C@H]1CCCN([C@H]2CC[C@H](OC(F)(F)F)C2)C1. The predicted molar refractivity (Wildman–Crippen MR) is 98.2 cm³/mol. The van der Waals surface area contributed by atoms with Crippen molar-refractivity contribution >= 4 is 17.5 Å². The number of alkyl halides is 3. The maximum Gasteiger partial charge on any atom is 0.522 e. The molecule has 1 N–H and O–H groups in total. The van der Waals surface area contributed by atoms with E-state index in [1.807, 2.05) is 0 Å². The molecule has 0 radical (unpaired) electrons. The molecule has 1 heterocycles. The molecule has 1 aliphatic carbocycles. The van der Waals surface area contributed by atoms with E-state index in [0.29, 0.717) is 25.8 Å². The first-order valence-corrected chi connectivity index (χ1v) is 9.93. The van der Waals surface area contributed by atoms with Gasteiger partial charge in [-0.3, -0.25) is 14.4 Å². The highest BCUT2D eigenvalue weighted by molar-refractivity contribution is 6.30. The van der Waals surface area contributed by atoms with Gasteiger partial charge >= 0.3 is 6.36 Å². The van der Waals surface area contributed by atoms with E-state index in [2.05, 4.69) is 15.0 Å². The molecule has 2 aliphatic rings. The Kier molecular flexibility index (Phi) is 7.23. The van der Waals surface area contributed by atoms with Gasteiger partial charge in [0.15, 0.2) is 6.61 Å². The van der Waals surface area contributed by atoms with E-state index in [-0.39, 0.29) is 35.4 Å². The highest BCUT2D eigenvalue weighted by Crippen LogP contribution is 2.32. The van der Waals surface area contributed by atoms with Gasteiger partial charge in [-0.25, -0.2) is 4.39 Å². The van der Waals surface area contributed by atoms with Crippen LogP contribution >= 0.6 is 11.6 Å². The summed E-state index contributed by atoms with van der Waals surface area (Å²) in [5, 5.41) is 2.85. The highest BCUT2D eigenvalue weighted by Gasteiger charge is 2.39. The Labute approximate surface area is 171 Å². The fourth-order valence-electron chi connectivity index (χ4n) is 3.99. The fraction of sp³-hybridized carbons (Fsp3) is 0.632. The first-order chi connectivity index (χ1) is 13.7. The van der Waals surface area contributed by atoms with Crippen LogP contribution in [0.5, 0.6) is 5.75 Å². The van der Waals surface area contributed by atoms with E-state index in [0.717, 1.165) is 25.5 Å². The molecule has 0 aromatic heterocycles. The predicted octanol–water partition coefficient (Wildman–Crippen LogP) is 3.90. The van der Waals surface area contributed by atoms with Crippen LogP contribution in [0.25, 0.3) is 0 Å². The summed E-state index contributed by atoms with van der Waals surface area (Å²) in [4.78, 5) is 14.3. The molecule has 10 heteroatoms. The standard InChI is InChI=1S/C19H23ClF4N2O3/c20-16-6-5-14(9-17(16)21)28-11-18(27)25-12-2-1-7-26(10-12)13-3-4-15(8-13)29-19(22,23)24/h5-6,9,12-13,15H,1-4,7-8,10-11H2,(H,25,27)/t12-,13-,15-/m0/s1. The smallest absolute Gasteiger partial charge is 0.484 e. The molecule has 3 rings (SSSR count). The van der Waals surface area contributed by atoms with Crippen LogP contribution < -0.4 is 10.1 Å². The van der Waals surface area contributed by atoms with Gasteiger partial charge in [0.2, 0.25) is 0 Å². The average Bonchev–Trinajstić information content (AvgIpc) is 3.09. The van der Waals surface area contributed by atoms with Crippen LogP contribution in [0.4, 0.5) is 17.6 Å². The Morgan fingerprint density at radius 3 is 2.79 bits per heavy atom. The van der Waals surface area contributed by atoms with Crippen LogP contribution in [0, 0.1) is 5.82 Å². The summed E-state index contributed by atoms with van der Waals surface area (Å²) in [6, 6.07) is 3.85. The fourth-order valence-corrected chi connectivity index (χ4v) is 4.10. The van der Waals surface area contributed by atoms with E-state index in [9.17, 15) is 22.4 Å². The molecule has 5 nitrogen and oxygen atoms in total. The molecule has 3 atom stereocenters. The quantitative estimate of drug-likeness (QED) is 0.684. The minimum atomic E-state index is -4.61. The van der Waals surface area contributed by atoms with Gasteiger partial charge in [-0.15, -0.1) is 13.2 Å². The molecule has 1 aromatic carbocycles. The number of halogens is 5. The summed E-state index contributed by atoms with van der Waals surface area (Å²) in [5.74, 6) is -0.761. The molecular formula is C19H23ClF4N2O3. The molecule has 1 aliphatic heterocycles. The highest BCUT2D eigenvalue weighted by atomic mass is 35.5. The van der Waals surface area contributed by atoms with Crippen LogP contribution in [0.15, 0.2) is 18.2 Å². The number of hydrogen-bond acceptors (Lipinski definition) is 4. The van der Waals surface area contributed by atoms with E-state index < -0.39 is 18.3 Å². The Balaban J connectivity index is 1.43. The van der Waals surface area contributed by atoms with Crippen molar-refractivity contribution in [2.75, 3.05) is 19.7 Å². The molecule has 1 aromatic rings. The third-order valence-electron chi connectivity index (χ3n) is 5.25. The zero-order chi connectivity index (χ0) is 21.0. The second-order valence-corrected chi connectivity index (χ2v) is 7.83. The monoisotopic (exact) mass is 438 g/mol. The van der Waals surface area contributed by atoms with Crippen LogP contribution in [0.2, 0.25) is 5.02 Å². The lowest BCUT2D eigenvalue weighted by molar-refractivity contribution is -0.341. The molecule has 0 spiro atoms. The van der Waals surface area contributed by atoms with Crippen molar-refractivity contribution in [3.63, 3.8) is 0 Å². The topological polar surface area (TPSA) is 50.8 Å². The van der Waals surface area contributed by atoms with Gasteiger partial charge < -0.3 is 10.1 Å². The van der Waals surface area contributed by atoms with Gasteiger partial charge in [0.05, 0.1) is 11.1 Å². The van der Waals surface area contributed by atoms with Gasteiger partial charge in [0.1, 0.15) is 11.6 Å². The van der Waals surface area contributed by atoms with Crippen LogP contribution in [0.3, 0.4) is 0 Å². The Morgan fingerprint density at radius 2 is 2.07 bits per heavy atom. The molecule has 1 saturated carbocycles. The number of benzene rings is 1. The summed E-state index contributed by atoms with van der Waals surface area (Å²) in [6.45, 7) is 1.10. The lowest BCUT2D eigenvalue weighted by Crippen LogP contribution is -2.51. The van der Waals surface area contributed by atoms with Gasteiger partial charge in [-0.05, 0) is 50.8 Å². The summed E-state index contributed by atoms with van der Waals surface area (Å²) < 4.78 is 60.0. The van der Waals surface area contributed by atoms with Crippen molar-refractivity contribution in [2.45, 2.75) is 56.7 Å². The number of hydrogen-bond donors (Lipinski definition) is 1. The van der Waals surface area contributed by atoms with Crippen molar-refractivity contribution in [1.82, 2.24) is 10.2 Å². The first-order valence-electron chi connectivity index (χ1n) is 9.55. The van der Waals surface area contributed by atoms with Crippen molar-refractivity contribution in [2.24, 2.45) is 0 Å². The van der Waals surface area contributed by atoms with E-state index in [1.54, 1.807) is 0 Å². The summed E-state index contributed by atoms with van der Waals surface area (Å²) in [7, 11) is 0. The number of nitrogens with one attached hydrogen (secondary N) is 1. The molecule has 0 bridgehead atoms. The lowest BCUT2D eigenvalue weighted by atomic mass is 10.0. The summed E-state index contributed by atoms with van der Waals surface area (Å²) >= 11 is 5.60. The zero-order valence-electron chi connectivity index (χ0n) is 15.7. The van der Waals surface area contributed by atoms with Gasteiger partial charge in [0.25, 0.3) is 5.91 Å². The van der Waals surface area contributed by atoms with E-state index in [1.165, 1.54) is 12.1 Å². The number of carbonyl (C=O) groups excluding carboxylic acids is 1. The normalized spacial score (nSPS) is 25.8. The largest absolute Gasteiger partial charge is 0.522 e. The minimum Gasteiger partial charge on any atom is -0.484 e. The van der Waals surface area contributed by atoms with Crippen LogP contribution in [-0.4, -0.2) is 55.1 Å². The number of rotatable bonds is 6. The maximum absolute atomic E-state index is 13.4. The second kappa shape index (κ2) is 9.49. The lowest BCUT2D eigenvalue weighted by Gasteiger charge is -2.37. The Bertz CT molecular complexity index is 719. The van der Waals surface area contributed by atoms with Gasteiger partial charge in [-0.1, -0.05) is 11.6 Å². The molecule has 2 fully saturated rings. The third kappa shape index (κ3) is 6.72. The van der Waals surface area contributed by atoms with Gasteiger partial charge in [0, 0.05) is 24.7 Å². The minimum absolute atomic E-state index is 0.0235. The maximum atomic E-state index is 13.4. The Hall–Kier alpha value is -1.58. The van der Waals surface area contributed by atoms with E-state index >= 15 is 0 Å². The third-order valence-corrected chi connectivity index (χ3v) is 5.56. The molecule has 1 amide bonds. The van der Waals surface area contributed by atoms with Crippen molar-refractivity contribution in [3.05, 3.63) is 29.0 Å². The van der Waals surface area contributed by atoms with E-state index in [4.69, 9.17) is 16.3 Å². The number of amides is 1. The number of likely N-dealkylation sites (tertiary alicyclic amines) is 1. The summed E-state index contributed by atoms with van der Waals surface area (Å²) in [6.07, 6.45) is -2.42. The molecule has 162 valence electrons. The second-order valence-electron chi connectivity index (χ2n) is 7.42. The molecule has 29 heavy (non-hydrogen) atoms. The van der Waals surface area contributed by atoms with Crippen molar-refractivity contribution in [1.29, 1.82) is 0 Å². The number of carbonyl (C=O) groups is 1. The van der Waals surface area contributed by atoms with Crippen molar-refractivity contribution in [3.8, 4) is 5.75 Å². The van der Waals surface area contributed by atoms with Crippen molar-refractivity contribution < 1.29 is 31.8 Å². The number of piperidine rings is 1. The van der Waals surface area contributed by atoms with Gasteiger partial charge in [-0.2, -0.15) is 0 Å². The number of ether oxygens (including phenoxy) is 2. The Morgan fingerprint density at radius 1 is 1.28 bits per heavy atom. The molecular weight excluding hydrogens is 416 g/mol. The molecule has 0 unspecified atom stereocenters. The number of nitrogens with zero attached hydrogens (tertiary/aromatic N) is 1. The zero-order valence-corrected chi connectivity index (χ0v) is 16.4.